The van der Waals surface area contributed by atoms with Crippen molar-refractivity contribution in [3.63, 3.8) is 0 Å². The highest BCUT2D eigenvalue weighted by Gasteiger charge is 2.28. The minimum Gasteiger partial charge on any atom is -0.459 e. The molecule has 0 aliphatic carbocycles. The van der Waals surface area contributed by atoms with Crippen LogP contribution in [0.15, 0.2) is 61.4 Å². The Morgan fingerprint density at radius 1 is 1.18 bits per heavy atom. The molecule has 0 unspecified atom stereocenters. The number of oxazole rings is 1. The first-order valence-electron chi connectivity index (χ1n) is 6.25. The van der Waals surface area contributed by atoms with Crippen molar-refractivity contribution in [1.82, 2.24) is 4.98 Å². The third kappa shape index (κ3) is 2.49. The van der Waals surface area contributed by atoms with E-state index in [2.05, 4.69) is 10.3 Å². The Kier molecular flexibility index (Phi) is 3.67. The molecule has 0 saturated carbocycles. The summed E-state index contributed by atoms with van der Waals surface area (Å²) in [7, 11) is -2.29. The Morgan fingerprint density at radius 2 is 1.91 bits per heavy atom. The molecule has 3 rings (SSSR count). The van der Waals surface area contributed by atoms with Crippen LogP contribution in [0.2, 0.25) is 5.02 Å². The molecule has 2 aromatic heterocycles. The van der Waals surface area contributed by atoms with Crippen molar-refractivity contribution in [2.24, 2.45) is 0 Å². The zero-order valence-electron chi connectivity index (χ0n) is 11.4. The molecule has 0 spiro atoms. The van der Waals surface area contributed by atoms with Crippen LogP contribution in [0.25, 0.3) is 11.7 Å². The molecule has 1 N–H and O–H groups in total. The minimum absolute atomic E-state index is 0.0429. The number of sulfone groups is 1. The van der Waals surface area contributed by atoms with Gasteiger partial charge < -0.3 is 14.2 Å². The van der Waals surface area contributed by atoms with Gasteiger partial charge in [0.1, 0.15) is 0 Å². The maximum atomic E-state index is 12.7. The van der Waals surface area contributed by atoms with Crippen LogP contribution in [-0.4, -0.2) is 20.4 Å². The maximum absolute atomic E-state index is 12.7. The molecule has 0 aliphatic heterocycles. The Morgan fingerprint density at radius 3 is 2.50 bits per heavy atom. The van der Waals surface area contributed by atoms with Crippen molar-refractivity contribution in [3.05, 3.63) is 47.7 Å². The number of nitrogens with one attached hydrogen (secondary N) is 1. The lowest BCUT2D eigenvalue weighted by atomic mass is 10.4. The van der Waals surface area contributed by atoms with Crippen LogP contribution in [0.1, 0.15) is 0 Å². The third-order valence-electron chi connectivity index (χ3n) is 2.93. The highest BCUT2D eigenvalue weighted by Crippen LogP contribution is 2.32. The van der Waals surface area contributed by atoms with E-state index in [1.54, 1.807) is 19.2 Å². The second-order valence-electron chi connectivity index (χ2n) is 4.34. The van der Waals surface area contributed by atoms with Crippen LogP contribution < -0.4 is 5.32 Å². The van der Waals surface area contributed by atoms with Crippen molar-refractivity contribution in [3.8, 4) is 11.7 Å². The molecule has 6 nitrogen and oxygen atoms in total. The molecule has 0 bridgehead atoms. The van der Waals surface area contributed by atoms with Crippen molar-refractivity contribution >= 4 is 27.3 Å². The molecule has 22 heavy (non-hydrogen) atoms. The molecule has 8 heteroatoms. The van der Waals surface area contributed by atoms with Crippen LogP contribution in [0, 0.1) is 0 Å². The van der Waals surface area contributed by atoms with Gasteiger partial charge in [0.15, 0.2) is 5.76 Å². The second-order valence-corrected chi connectivity index (χ2v) is 6.64. The van der Waals surface area contributed by atoms with Gasteiger partial charge in [0.05, 0.1) is 11.2 Å². The topological polar surface area (TPSA) is 85.3 Å². The normalized spacial score (nSPS) is 11.5. The van der Waals surface area contributed by atoms with E-state index >= 15 is 0 Å². The van der Waals surface area contributed by atoms with Crippen molar-refractivity contribution in [2.45, 2.75) is 9.92 Å². The van der Waals surface area contributed by atoms with E-state index in [0.29, 0.717) is 10.8 Å². The Labute approximate surface area is 131 Å². The summed E-state index contributed by atoms with van der Waals surface area (Å²) in [5.74, 6) is 0.470. The fourth-order valence-electron chi connectivity index (χ4n) is 1.88. The third-order valence-corrected chi connectivity index (χ3v) is 4.86. The molecule has 0 saturated heterocycles. The van der Waals surface area contributed by atoms with Crippen LogP contribution in [0.4, 0.5) is 5.88 Å². The summed E-state index contributed by atoms with van der Waals surface area (Å²) in [6.45, 7) is 0. The van der Waals surface area contributed by atoms with E-state index in [9.17, 15) is 8.42 Å². The first-order valence-corrected chi connectivity index (χ1v) is 8.11. The van der Waals surface area contributed by atoms with Gasteiger partial charge in [-0.05, 0) is 36.4 Å². The van der Waals surface area contributed by atoms with E-state index in [-0.39, 0.29) is 21.7 Å². The first-order chi connectivity index (χ1) is 10.5. The zero-order valence-corrected chi connectivity index (χ0v) is 13.0. The van der Waals surface area contributed by atoms with Crippen molar-refractivity contribution < 1.29 is 17.3 Å². The molecule has 2 heterocycles. The number of rotatable bonds is 4. The number of hydrogen-bond donors (Lipinski definition) is 1. The van der Waals surface area contributed by atoms with Crippen LogP contribution in [0.3, 0.4) is 0 Å². The molecule has 1 aromatic carbocycles. The van der Waals surface area contributed by atoms with E-state index < -0.39 is 9.84 Å². The number of anilines is 1. The fraction of sp³-hybridized carbons (Fsp3) is 0.0714. The van der Waals surface area contributed by atoms with E-state index in [1.165, 1.54) is 30.5 Å². The standard InChI is InChI=1S/C14H11ClN2O4S/c1-16-13-14(17-12(21-13)11-3-2-8-20-11)22(18,19)10-6-4-9(15)5-7-10/h2-8,16H,1H3. The lowest BCUT2D eigenvalue weighted by molar-refractivity contribution is 0.524. The lowest BCUT2D eigenvalue weighted by Crippen LogP contribution is -2.05. The minimum atomic E-state index is -3.84. The molecule has 0 atom stereocenters. The molecule has 114 valence electrons. The molecule has 0 aliphatic rings. The smallest absolute Gasteiger partial charge is 0.266 e. The fourth-order valence-corrected chi connectivity index (χ4v) is 3.31. The van der Waals surface area contributed by atoms with E-state index in [0.717, 1.165) is 0 Å². The summed E-state index contributed by atoms with van der Waals surface area (Å²) in [6.07, 6.45) is 1.45. The molecule has 0 amide bonds. The number of hydrogen-bond acceptors (Lipinski definition) is 6. The van der Waals surface area contributed by atoms with Gasteiger partial charge in [0, 0.05) is 12.1 Å². The summed E-state index contributed by atoms with van der Waals surface area (Å²) in [5.41, 5.74) is 0. The van der Waals surface area contributed by atoms with Gasteiger partial charge >= 0.3 is 0 Å². The summed E-state index contributed by atoms with van der Waals surface area (Å²) in [4.78, 5) is 4.13. The van der Waals surface area contributed by atoms with Crippen LogP contribution >= 0.6 is 11.6 Å². The highest BCUT2D eigenvalue weighted by atomic mass is 35.5. The van der Waals surface area contributed by atoms with Gasteiger partial charge in [0.2, 0.25) is 20.7 Å². The number of furan rings is 1. The van der Waals surface area contributed by atoms with Gasteiger partial charge in [-0.2, -0.15) is 4.98 Å². The molecule has 3 aromatic rings. The number of aromatic nitrogens is 1. The number of benzene rings is 1. The van der Waals surface area contributed by atoms with Gasteiger partial charge in [-0.25, -0.2) is 8.42 Å². The summed E-state index contributed by atoms with van der Waals surface area (Å²) in [6, 6.07) is 9.12. The molecule has 0 radical (unpaired) electrons. The average Bonchev–Trinajstić information content (AvgIpc) is 3.16. The number of nitrogens with zero attached hydrogens (tertiary/aromatic N) is 1. The highest BCUT2D eigenvalue weighted by molar-refractivity contribution is 7.91. The summed E-state index contributed by atoms with van der Waals surface area (Å²) >= 11 is 5.78. The van der Waals surface area contributed by atoms with Crippen LogP contribution in [0.5, 0.6) is 0 Å². The molecule has 0 fully saturated rings. The van der Waals surface area contributed by atoms with Gasteiger partial charge in [0.25, 0.3) is 5.89 Å². The monoisotopic (exact) mass is 338 g/mol. The van der Waals surface area contributed by atoms with Gasteiger partial charge in [-0.15, -0.1) is 0 Å². The quantitative estimate of drug-likeness (QED) is 0.784. The van der Waals surface area contributed by atoms with Crippen molar-refractivity contribution in [2.75, 3.05) is 12.4 Å². The Hall–Kier alpha value is -2.25. The predicted molar refractivity (Wildman–Crippen MR) is 80.7 cm³/mol. The molecular formula is C14H11ClN2O4S. The second kappa shape index (κ2) is 5.51. The van der Waals surface area contributed by atoms with E-state index in [4.69, 9.17) is 20.4 Å². The average molecular weight is 339 g/mol. The maximum Gasteiger partial charge on any atom is 0.266 e. The molecular weight excluding hydrogens is 328 g/mol. The lowest BCUT2D eigenvalue weighted by Gasteiger charge is -2.02. The zero-order chi connectivity index (χ0) is 15.7. The number of halogens is 1. The first kappa shape index (κ1) is 14.7. The van der Waals surface area contributed by atoms with E-state index in [1.807, 2.05) is 0 Å². The van der Waals surface area contributed by atoms with Crippen molar-refractivity contribution in [1.29, 1.82) is 0 Å². The SMILES string of the molecule is CNc1oc(-c2ccco2)nc1S(=O)(=O)c1ccc(Cl)cc1. The van der Waals surface area contributed by atoms with Gasteiger partial charge in [-0.3, -0.25) is 0 Å². The Bertz CT molecular complexity index is 884. The predicted octanol–water partition coefficient (Wildman–Crippen LogP) is 3.46. The van der Waals surface area contributed by atoms with Gasteiger partial charge in [-0.1, -0.05) is 11.6 Å². The van der Waals surface area contributed by atoms with Crippen LogP contribution in [-0.2, 0) is 9.84 Å². The Balaban J connectivity index is 2.12. The summed E-state index contributed by atoms with van der Waals surface area (Å²) in [5, 5.41) is 2.93. The largest absolute Gasteiger partial charge is 0.459 e. The summed E-state index contributed by atoms with van der Waals surface area (Å²) < 4.78 is 35.9.